The van der Waals surface area contributed by atoms with Gasteiger partial charge in [-0.1, -0.05) is 48.2 Å². The van der Waals surface area contributed by atoms with Gasteiger partial charge in [-0.15, -0.1) is 0 Å². The third-order valence-electron chi connectivity index (χ3n) is 7.55. The summed E-state index contributed by atoms with van der Waals surface area (Å²) in [5, 5.41) is 0. The highest BCUT2D eigenvalue weighted by atomic mass is 19.4. The maximum absolute atomic E-state index is 13.9. The van der Waals surface area contributed by atoms with Crippen LogP contribution in [-0.2, 0) is 30.0 Å². The Morgan fingerprint density at radius 3 is 2.25 bits per heavy atom. The van der Waals surface area contributed by atoms with Crippen molar-refractivity contribution in [3.8, 4) is 23.3 Å². The van der Waals surface area contributed by atoms with Gasteiger partial charge in [0.15, 0.2) is 17.8 Å². The van der Waals surface area contributed by atoms with Gasteiger partial charge in [0, 0.05) is 5.56 Å². The van der Waals surface area contributed by atoms with Crippen LogP contribution in [0.1, 0.15) is 35.3 Å². The summed E-state index contributed by atoms with van der Waals surface area (Å²) in [4.78, 5) is 39.0. The number of ether oxygens (including phenoxy) is 5. The first-order chi connectivity index (χ1) is 20.9. The summed E-state index contributed by atoms with van der Waals surface area (Å²) in [6, 6.07) is 19.7. The number of hydrogen-bond donors (Lipinski definition) is 0. The van der Waals surface area contributed by atoms with Crippen LogP contribution in [0.4, 0.5) is 13.2 Å². The maximum Gasteiger partial charge on any atom is 0.419 e. The molecule has 3 aromatic carbocycles. The van der Waals surface area contributed by atoms with Crippen LogP contribution in [0.2, 0.25) is 0 Å². The molecule has 3 saturated heterocycles. The Morgan fingerprint density at radius 2 is 1.57 bits per heavy atom. The van der Waals surface area contributed by atoms with Crippen LogP contribution in [0.3, 0.4) is 0 Å². The average Bonchev–Trinajstić information content (AvgIpc) is 3.60. The molecule has 3 aliphatic rings. The summed E-state index contributed by atoms with van der Waals surface area (Å²) in [6.45, 7) is 3.00. The quantitative estimate of drug-likeness (QED) is 0.220. The molecule has 0 amide bonds. The second kappa shape index (κ2) is 11.0. The zero-order chi connectivity index (χ0) is 31.2. The molecule has 2 bridgehead atoms. The molecular weight excluding hydrogens is 581 g/mol. The Morgan fingerprint density at radius 1 is 0.886 bits per heavy atom. The van der Waals surface area contributed by atoms with E-state index in [0.29, 0.717) is 5.56 Å². The van der Waals surface area contributed by atoms with Gasteiger partial charge in [0.2, 0.25) is 0 Å². The van der Waals surface area contributed by atoms with E-state index in [4.69, 9.17) is 23.7 Å². The van der Waals surface area contributed by atoms with Crippen molar-refractivity contribution < 1.29 is 51.2 Å². The molecule has 0 saturated carbocycles. The maximum atomic E-state index is 13.9. The molecule has 226 valence electrons. The minimum atomic E-state index is -4.79. The molecule has 0 N–H and O–H groups in total. The van der Waals surface area contributed by atoms with Gasteiger partial charge in [0.1, 0.15) is 35.5 Å². The monoisotopic (exact) mass is 606 g/mol. The Balaban J connectivity index is 1.23. The molecule has 3 heterocycles. The number of carbonyl (C=O) groups is 3. The topological polar surface area (TPSA) is 97.4 Å². The largest absolute Gasteiger partial charge is 0.475 e. The predicted molar refractivity (Wildman–Crippen MR) is 146 cm³/mol. The zero-order valence-corrected chi connectivity index (χ0v) is 23.4. The van der Waals surface area contributed by atoms with Gasteiger partial charge in [0.05, 0.1) is 11.1 Å². The fourth-order valence-electron chi connectivity index (χ4n) is 5.62. The lowest BCUT2D eigenvalue weighted by Gasteiger charge is -2.27. The first kappa shape index (κ1) is 29.3. The molecular formula is C33H25F3O8. The van der Waals surface area contributed by atoms with Crippen LogP contribution in [-0.4, -0.2) is 47.9 Å². The van der Waals surface area contributed by atoms with Crippen LogP contribution >= 0.6 is 0 Å². The number of hydrogen-bond acceptors (Lipinski definition) is 8. The molecule has 11 heteroatoms. The lowest BCUT2D eigenvalue weighted by molar-refractivity contribution is -0.149. The number of esters is 3. The van der Waals surface area contributed by atoms with Crippen molar-refractivity contribution in [2.45, 2.75) is 50.0 Å². The average molecular weight is 607 g/mol. The molecule has 6 unspecified atom stereocenters. The SMILES string of the molecule is CC(C)(C#Cc1ccccc1)Oc1cc(C(=O)OC2C3OC(=O)C4C3OC2C4C(=O)Oc2ccccc2)ccc1C(F)(F)F. The Labute approximate surface area is 250 Å². The van der Waals surface area contributed by atoms with Crippen molar-refractivity contribution in [2.75, 3.05) is 0 Å². The van der Waals surface area contributed by atoms with Gasteiger partial charge in [-0.05, 0) is 56.3 Å². The van der Waals surface area contributed by atoms with E-state index >= 15 is 0 Å². The van der Waals surface area contributed by atoms with Gasteiger partial charge < -0.3 is 23.7 Å². The molecule has 0 aromatic heterocycles. The summed E-state index contributed by atoms with van der Waals surface area (Å²) in [7, 11) is 0. The lowest BCUT2D eigenvalue weighted by atomic mass is 9.78. The first-order valence-corrected chi connectivity index (χ1v) is 13.7. The van der Waals surface area contributed by atoms with E-state index in [1.807, 2.05) is 0 Å². The molecule has 6 rings (SSSR count). The Kier molecular flexibility index (Phi) is 7.33. The van der Waals surface area contributed by atoms with Gasteiger partial charge in [-0.3, -0.25) is 9.59 Å². The van der Waals surface area contributed by atoms with Crippen LogP contribution in [0.25, 0.3) is 0 Å². The minimum absolute atomic E-state index is 0.255. The van der Waals surface area contributed by atoms with Gasteiger partial charge >= 0.3 is 24.1 Å². The van der Waals surface area contributed by atoms with Crippen molar-refractivity contribution in [2.24, 2.45) is 11.8 Å². The summed E-state index contributed by atoms with van der Waals surface area (Å²) in [6.07, 6.45) is -8.85. The molecule has 44 heavy (non-hydrogen) atoms. The number of para-hydroxylation sites is 1. The minimum Gasteiger partial charge on any atom is -0.475 e. The van der Waals surface area contributed by atoms with E-state index in [0.717, 1.165) is 18.2 Å². The number of fused-ring (bicyclic) bond motifs is 1. The highest BCUT2D eigenvalue weighted by Gasteiger charge is 2.72. The lowest BCUT2D eigenvalue weighted by Crippen LogP contribution is -2.48. The molecule has 8 nitrogen and oxygen atoms in total. The molecule has 6 atom stereocenters. The van der Waals surface area contributed by atoms with Crippen LogP contribution in [0, 0.1) is 23.7 Å². The summed E-state index contributed by atoms with van der Waals surface area (Å²) in [5.74, 6) is 0.824. The number of halogens is 3. The normalized spacial score (nSPS) is 25.1. The van der Waals surface area contributed by atoms with Crippen molar-refractivity contribution in [3.05, 3.63) is 95.6 Å². The number of benzene rings is 3. The van der Waals surface area contributed by atoms with Crippen molar-refractivity contribution in [1.29, 1.82) is 0 Å². The van der Waals surface area contributed by atoms with E-state index in [2.05, 4.69) is 11.8 Å². The molecule has 3 aromatic rings. The number of carbonyl (C=O) groups excluding carboxylic acids is 3. The van der Waals surface area contributed by atoms with E-state index < -0.39 is 77.2 Å². The van der Waals surface area contributed by atoms with Gasteiger partial charge in [-0.25, -0.2) is 4.79 Å². The van der Waals surface area contributed by atoms with E-state index in [9.17, 15) is 27.6 Å². The summed E-state index contributed by atoms with van der Waals surface area (Å²) >= 11 is 0. The number of rotatable bonds is 6. The van der Waals surface area contributed by atoms with Gasteiger partial charge in [-0.2, -0.15) is 13.2 Å². The van der Waals surface area contributed by atoms with Crippen molar-refractivity contribution in [1.82, 2.24) is 0 Å². The van der Waals surface area contributed by atoms with Gasteiger partial charge in [0.25, 0.3) is 0 Å². The highest BCUT2D eigenvalue weighted by Crippen LogP contribution is 2.51. The summed E-state index contributed by atoms with van der Waals surface area (Å²) < 4.78 is 69.8. The first-order valence-electron chi connectivity index (χ1n) is 13.7. The van der Waals surface area contributed by atoms with E-state index in [1.165, 1.54) is 13.8 Å². The van der Waals surface area contributed by atoms with Crippen LogP contribution in [0.15, 0.2) is 78.9 Å². The second-order valence-electron chi connectivity index (χ2n) is 11.1. The molecule has 3 aliphatic heterocycles. The van der Waals surface area contributed by atoms with Crippen molar-refractivity contribution >= 4 is 17.9 Å². The molecule has 0 spiro atoms. The molecule has 0 aliphatic carbocycles. The molecule has 0 radical (unpaired) electrons. The number of alkyl halides is 3. The van der Waals surface area contributed by atoms with Crippen LogP contribution in [0.5, 0.6) is 11.5 Å². The smallest absolute Gasteiger partial charge is 0.419 e. The fraction of sp³-hybridized carbons (Fsp3) is 0.303. The van der Waals surface area contributed by atoms with E-state index in [1.54, 1.807) is 60.7 Å². The third-order valence-corrected chi connectivity index (χ3v) is 7.55. The standard InChI is InChI=1S/C33H25F3O8/c1-32(2,16-15-18-9-5-3-6-10-18)44-22-17-19(13-14-21(22)33(34,35)36)29(37)42-27-25-23(24-26(41-25)28(27)43-31(24)39)30(38)40-20-11-7-4-8-12-20/h3-14,17,23-28H,1-2H3. The summed E-state index contributed by atoms with van der Waals surface area (Å²) in [5.41, 5.74) is -2.10. The Bertz CT molecular complexity index is 1660. The second-order valence-corrected chi connectivity index (χ2v) is 11.1. The van der Waals surface area contributed by atoms with Crippen LogP contribution < -0.4 is 9.47 Å². The van der Waals surface area contributed by atoms with Crippen molar-refractivity contribution in [3.63, 3.8) is 0 Å². The highest BCUT2D eigenvalue weighted by molar-refractivity contribution is 5.91. The third kappa shape index (κ3) is 5.61. The molecule has 3 fully saturated rings. The zero-order valence-electron chi connectivity index (χ0n) is 23.4. The Hall–Kier alpha value is -4.82. The predicted octanol–water partition coefficient (Wildman–Crippen LogP) is 4.98. The van der Waals surface area contributed by atoms with E-state index in [-0.39, 0.29) is 11.3 Å². The fourth-order valence-corrected chi connectivity index (χ4v) is 5.62.